The van der Waals surface area contributed by atoms with Crippen LogP contribution in [0.2, 0.25) is 0 Å². The Bertz CT molecular complexity index is 1440. The standard InChI is InChI=1S/C25H30F2N4O.2C4H4O4/c26-19-4-2-18(3-5-19)22-17-24(23-16-20(27)6-7-21(22)23)30-13-10-29(11-14-30)12-15-31-9-1-8-28-25(31)32;2*5-3(6)1-2-4(7)8/h2-7,16,22,24H,1,8-15,17H2,(H,28,32);2*1-2H,(H,5,6)(H,7,8)/b;2*2-1-. The first kappa shape index (κ1) is 37.3. The quantitative estimate of drug-likeness (QED) is 0.247. The Balaban J connectivity index is 0.000000325. The van der Waals surface area contributed by atoms with Gasteiger partial charge in [0, 0.05) is 88.6 Å². The SMILES string of the molecule is O=C(O)/C=C\C(=O)O.O=C(O)/C=C\C(=O)O.O=C1NCCCN1CCN1CCN(C2CC(c3ccc(F)cc3)c3ccc(F)cc32)CC1. The predicted octanol–water partition coefficient (Wildman–Crippen LogP) is 3.00. The lowest BCUT2D eigenvalue weighted by Gasteiger charge is -2.39. The second kappa shape index (κ2) is 18.3. The number of carboxylic acid groups (broad SMARTS) is 4. The first-order valence-electron chi connectivity index (χ1n) is 15.2. The molecule has 1 aliphatic carbocycles. The number of aliphatic carboxylic acids is 4. The summed E-state index contributed by atoms with van der Waals surface area (Å²) in [5, 5.41) is 34.2. The zero-order valence-electron chi connectivity index (χ0n) is 26.0. The maximum Gasteiger partial charge on any atom is 0.328 e. The van der Waals surface area contributed by atoms with E-state index in [1.165, 1.54) is 18.2 Å². The maximum atomic E-state index is 14.1. The van der Waals surface area contributed by atoms with Crippen molar-refractivity contribution in [1.82, 2.24) is 20.0 Å². The van der Waals surface area contributed by atoms with Gasteiger partial charge in [-0.15, -0.1) is 0 Å². The van der Waals surface area contributed by atoms with Crippen molar-refractivity contribution in [1.29, 1.82) is 0 Å². The van der Waals surface area contributed by atoms with Gasteiger partial charge in [-0.3, -0.25) is 9.80 Å². The first-order chi connectivity index (χ1) is 22.8. The number of carboxylic acids is 4. The lowest BCUT2D eigenvalue weighted by atomic mass is 9.93. The molecule has 2 aromatic carbocycles. The summed E-state index contributed by atoms with van der Waals surface area (Å²) >= 11 is 0. The lowest BCUT2D eigenvalue weighted by molar-refractivity contribution is -0.134. The highest BCUT2D eigenvalue weighted by Crippen LogP contribution is 2.47. The number of hydrogen-bond acceptors (Lipinski definition) is 7. The second-order valence-electron chi connectivity index (χ2n) is 11.1. The number of piperazine rings is 1. The van der Waals surface area contributed by atoms with Gasteiger partial charge >= 0.3 is 29.9 Å². The molecular formula is C33H38F2N4O9. The molecule has 0 saturated carbocycles. The molecule has 0 spiro atoms. The molecule has 5 N–H and O–H groups in total. The van der Waals surface area contributed by atoms with Crippen LogP contribution in [0, 0.1) is 11.6 Å². The Morgan fingerprint density at radius 2 is 1.27 bits per heavy atom. The van der Waals surface area contributed by atoms with Gasteiger partial charge in [-0.05, 0) is 53.8 Å². The Morgan fingerprint density at radius 3 is 1.79 bits per heavy atom. The van der Waals surface area contributed by atoms with E-state index in [2.05, 4.69) is 15.1 Å². The van der Waals surface area contributed by atoms with Crippen LogP contribution in [0.15, 0.2) is 66.8 Å². The normalized spacial score (nSPS) is 19.5. The molecule has 2 aromatic rings. The minimum atomic E-state index is -1.26. The third-order valence-corrected chi connectivity index (χ3v) is 7.95. The van der Waals surface area contributed by atoms with Crippen LogP contribution in [0.25, 0.3) is 0 Å². The average molecular weight is 673 g/mol. The van der Waals surface area contributed by atoms with Crippen molar-refractivity contribution in [3.8, 4) is 0 Å². The van der Waals surface area contributed by atoms with Gasteiger partial charge in [0.25, 0.3) is 0 Å². The molecule has 48 heavy (non-hydrogen) atoms. The van der Waals surface area contributed by atoms with E-state index in [0.29, 0.717) is 24.3 Å². The molecule has 13 nitrogen and oxygen atoms in total. The minimum Gasteiger partial charge on any atom is -0.478 e. The zero-order chi connectivity index (χ0) is 35.2. The van der Waals surface area contributed by atoms with E-state index in [1.54, 1.807) is 6.07 Å². The molecule has 2 aliphatic heterocycles. The van der Waals surface area contributed by atoms with Gasteiger partial charge in [0.15, 0.2) is 0 Å². The highest BCUT2D eigenvalue weighted by molar-refractivity contribution is 5.90. The minimum absolute atomic E-state index is 0.0475. The molecule has 15 heteroatoms. The third kappa shape index (κ3) is 11.9. The number of nitrogens with one attached hydrogen (secondary N) is 1. The number of carbonyl (C=O) groups excluding carboxylic acids is 1. The van der Waals surface area contributed by atoms with Gasteiger partial charge in [0.2, 0.25) is 0 Å². The Morgan fingerprint density at radius 1 is 0.729 bits per heavy atom. The molecule has 2 fully saturated rings. The zero-order valence-corrected chi connectivity index (χ0v) is 26.0. The van der Waals surface area contributed by atoms with Gasteiger partial charge in [0.1, 0.15) is 11.6 Å². The van der Waals surface area contributed by atoms with Crippen LogP contribution in [0.1, 0.15) is 41.5 Å². The molecule has 2 heterocycles. The molecule has 2 unspecified atom stereocenters. The molecule has 0 aromatic heterocycles. The van der Waals surface area contributed by atoms with Crippen molar-refractivity contribution in [3.05, 3.63) is 95.1 Å². The fraction of sp³-hybridized carbons (Fsp3) is 0.364. The van der Waals surface area contributed by atoms with Crippen molar-refractivity contribution < 1.29 is 53.2 Å². The highest BCUT2D eigenvalue weighted by Gasteiger charge is 2.37. The largest absolute Gasteiger partial charge is 0.478 e. The molecule has 2 atom stereocenters. The summed E-state index contributed by atoms with van der Waals surface area (Å²) in [5.74, 6) is -5.31. The summed E-state index contributed by atoms with van der Waals surface area (Å²) in [6, 6.07) is 12.1. The third-order valence-electron chi connectivity index (χ3n) is 7.95. The molecular weight excluding hydrogens is 634 g/mol. The fourth-order valence-electron chi connectivity index (χ4n) is 5.72. The van der Waals surface area contributed by atoms with E-state index in [9.17, 15) is 32.8 Å². The van der Waals surface area contributed by atoms with Crippen LogP contribution in [0.4, 0.5) is 13.6 Å². The summed E-state index contributed by atoms with van der Waals surface area (Å²) in [7, 11) is 0. The maximum absolute atomic E-state index is 14.1. The monoisotopic (exact) mass is 672 g/mol. The summed E-state index contributed by atoms with van der Waals surface area (Å²) in [6.45, 7) is 6.98. The molecule has 5 rings (SSSR count). The van der Waals surface area contributed by atoms with E-state index < -0.39 is 23.9 Å². The number of fused-ring (bicyclic) bond motifs is 1. The molecule has 0 radical (unpaired) electrons. The number of halogens is 2. The van der Waals surface area contributed by atoms with Crippen molar-refractivity contribution in [2.45, 2.75) is 24.8 Å². The average Bonchev–Trinajstić information content (AvgIpc) is 3.42. The van der Waals surface area contributed by atoms with Crippen LogP contribution in [-0.4, -0.2) is 117 Å². The Kier molecular flexibility index (Phi) is 14.2. The summed E-state index contributed by atoms with van der Waals surface area (Å²) in [6.07, 6.45) is 4.13. The summed E-state index contributed by atoms with van der Waals surface area (Å²) in [5.41, 5.74) is 3.31. The highest BCUT2D eigenvalue weighted by atomic mass is 19.1. The van der Waals surface area contributed by atoms with Gasteiger partial charge in [-0.2, -0.15) is 0 Å². The van der Waals surface area contributed by atoms with Crippen LogP contribution >= 0.6 is 0 Å². The molecule has 2 saturated heterocycles. The summed E-state index contributed by atoms with van der Waals surface area (Å²) < 4.78 is 27.6. The predicted molar refractivity (Wildman–Crippen MR) is 168 cm³/mol. The van der Waals surface area contributed by atoms with Crippen molar-refractivity contribution in [2.75, 3.05) is 52.4 Å². The van der Waals surface area contributed by atoms with Crippen LogP contribution in [-0.2, 0) is 19.2 Å². The van der Waals surface area contributed by atoms with Crippen molar-refractivity contribution >= 4 is 29.9 Å². The smallest absolute Gasteiger partial charge is 0.328 e. The Hall–Kier alpha value is -5.15. The van der Waals surface area contributed by atoms with E-state index in [0.717, 1.165) is 81.9 Å². The number of carbonyl (C=O) groups is 5. The van der Waals surface area contributed by atoms with E-state index in [-0.39, 0.29) is 29.6 Å². The first-order valence-corrected chi connectivity index (χ1v) is 15.2. The number of rotatable bonds is 9. The van der Waals surface area contributed by atoms with E-state index >= 15 is 0 Å². The molecule has 0 bridgehead atoms. The number of amides is 2. The number of hydrogen-bond donors (Lipinski definition) is 5. The summed E-state index contributed by atoms with van der Waals surface area (Å²) in [4.78, 5) is 56.9. The topological polar surface area (TPSA) is 188 Å². The molecule has 258 valence electrons. The van der Waals surface area contributed by atoms with Gasteiger partial charge < -0.3 is 30.6 Å². The van der Waals surface area contributed by atoms with E-state index in [4.69, 9.17) is 20.4 Å². The number of benzene rings is 2. The Labute approximate surface area is 275 Å². The molecule has 3 aliphatic rings. The van der Waals surface area contributed by atoms with Crippen LogP contribution in [0.3, 0.4) is 0 Å². The van der Waals surface area contributed by atoms with Crippen molar-refractivity contribution in [2.24, 2.45) is 0 Å². The number of nitrogens with zero attached hydrogens (tertiary/aromatic N) is 3. The van der Waals surface area contributed by atoms with Gasteiger partial charge in [-0.1, -0.05) is 18.2 Å². The van der Waals surface area contributed by atoms with Gasteiger partial charge in [0.05, 0.1) is 0 Å². The second-order valence-corrected chi connectivity index (χ2v) is 11.1. The fourth-order valence-corrected chi connectivity index (χ4v) is 5.72. The van der Waals surface area contributed by atoms with E-state index in [1.807, 2.05) is 23.1 Å². The van der Waals surface area contributed by atoms with Crippen molar-refractivity contribution in [3.63, 3.8) is 0 Å². The van der Waals surface area contributed by atoms with Crippen LogP contribution < -0.4 is 5.32 Å². The van der Waals surface area contributed by atoms with Gasteiger partial charge in [-0.25, -0.2) is 32.8 Å². The molecule has 2 amide bonds. The number of urea groups is 1. The lowest BCUT2D eigenvalue weighted by Crippen LogP contribution is -2.52. The van der Waals surface area contributed by atoms with Crippen LogP contribution in [0.5, 0.6) is 0 Å².